The van der Waals surface area contributed by atoms with Crippen LogP contribution in [0.4, 0.5) is 5.69 Å². The van der Waals surface area contributed by atoms with E-state index in [1.165, 1.54) is 4.31 Å². The Hall–Kier alpha value is -3.85. The molecule has 3 aromatic carbocycles. The summed E-state index contributed by atoms with van der Waals surface area (Å²) in [6.45, 7) is 8.10. The Labute approximate surface area is 250 Å². The van der Waals surface area contributed by atoms with Crippen LogP contribution in [0.5, 0.6) is 5.75 Å². The van der Waals surface area contributed by atoms with Gasteiger partial charge in [-0.1, -0.05) is 60.2 Å². The molecular weight excluding hydrogens is 550 g/mol. The Morgan fingerprint density at radius 3 is 2.14 bits per heavy atom. The predicted molar refractivity (Wildman–Crippen MR) is 168 cm³/mol. The zero-order chi connectivity index (χ0) is 30.9. The summed E-state index contributed by atoms with van der Waals surface area (Å²) < 4.78 is 31.8. The van der Waals surface area contributed by atoms with Gasteiger partial charge in [0.1, 0.15) is 11.8 Å². The maximum absolute atomic E-state index is 13.9. The van der Waals surface area contributed by atoms with Crippen LogP contribution < -0.4 is 14.4 Å². The van der Waals surface area contributed by atoms with Gasteiger partial charge < -0.3 is 15.0 Å². The third-order valence-electron chi connectivity index (χ3n) is 6.72. The highest BCUT2D eigenvalue weighted by molar-refractivity contribution is 7.92. The van der Waals surface area contributed by atoms with Gasteiger partial charge in [0.25, 0.3) is 0 Å². The molecule has 3 rings (SSSR count). The first-order valence-electron chi connectivity index (χ1n) is 14.1. The molecule has 0 radical (unpaired) electrons. The first-order chi connectivity index (χ1) is 19.8. The van der Waals surface area contributed by atoms with Crippen LogP contribution in [0.1, 0.15) is 50.3 Å². The first-order valence-corrected chi connectivity index (χ1v) is 15.9. The fourth-order valence-electron chi connectivity index (χ4n) is 4.77. The standard InChI is InChI=1S/C33H43N3O5S/c1-25-12-10-15-27(22-25)24-35(30(32(38)34-33(2,3)4)23-26-13-8-7-9-14-26)31(37)16-11-21-36(42(6,39)40)28-17-19-29(41-5)20-18-28/h7-10,12-15,17-20,22,30H,11,16,21,23-24H2,1-6H3,(H,34,38). The molecule has 3 aromatic rings. The molecule has 2 amide bonds. The molecular formula is C33H43N3O5S. The van der Waals surface area contributed by atoms with E-state index in [4.69, 9.17) is 4.74 Å². The molecule has 42 heavy (non-hydrogen) atoms. The average Bonchev–Trinajstić information content (AvgIpc) is 2.92. The second kappa shape index (κ2) is 14.4. The average molecular weight is 594 g/mol. The Morgan fingerprint density at radius 1 is 0.929 bits per heavy atom. The van der Waals surface area contributed by atoms with Gasteiger partial charge in [-0.05, 0) is 69.5 Å². The molecule has 0 saturated heterocycles. The summed E-state index contributed by atoms with van der Waals surface area (Å²) in [5, 5.41) is 3.07. The third-order valence-corrected chi connectivity index (χ3v) is 7.91. The SMILES string of the molecule is COc1ccc(N(CCCC(=O)N(Cc2cccc(C)c2)C(Cc2ccccc2)C(=O)NC(C)(C)C)S(C)(=O)=O)cc1. The van der Waals surface area contributed by atoms with E-state index in [2.05, 4.69) is 5.32 Å². The number of ether oxygens (including phenoxy) is 1. The summed E-state index contributed by atoms with van der Waals surface area (Å²) in [6, 6.07) is 23.5. The maximum Gasteiger partial charge on any atom is 0.243 e. The minimum Gasteiger partial charge on any atom is -0.497 e. The summed E-state index contributed by atoms with van der Waals surface area (Å²) in [6.07, 6.45) is 1.85. The number of carbonyl (C=O) groups is 2. The number of rotatable bonds is 13. The van der Waals surface area contributed by atoms with Crippen molar-refractivity contribution in [3.05, 3.63) is 95.6 Å². The van der Waals surface area contributed by atoms with Crippen LogP contribution in [0.2, 0.25) is 0 Å². The van der Waals surface area contributed by atoms with Gasteiger partial charge in [-0.25, -0.2) is 8.42 Å². The van der Waals surface area contributed by atoms with Crippen molar-refractivity contribution in [1.82, 2.24) is 10.2 Å². The van der Waals surface area contributed by atoms with Crippen LogP contribution in [-0.2, 0) is 32.6 Å². The highest BCUT2D eigenvalue weighted by Gasteiger charge is 2.32. The number of methoxy groups -OCH3 is 1. The van der Waals surface area contributed by atoms with E-state index in [1.54, 1.807) is 36.3 Å². The number of nitrogens with zero attached hydrogens (tertiary/aromatic N) is 2. The summed E-state index contributed by atoms with van der Waals surface area (Å²) >= 11 is 0. The van der Waals surface area contributed by atoms with E-state index in [1.807, 2.05) is 82.3 Å². The monoisotopic (exact) mass is 593 g/mol. The topological polar surface area (TPSA) is 96.0 Å². The van der Waals surface area contributed by atoms with Gasteiger partial charge in [-0.15, -0.1) is 0 Å². The minimum atomic E-state index is -3.60. The molecule has 0 heterocycles. The Morgan fingerprint density at radius 2 is 1.57 bits per heavy atom. The van der Waals surface area contributed by atoms with Gasteiger partial charge in [0, 0.05) is 31.5 Å². The summed E-state index contributed by atoms with van der Waals surface area (Å²) in [5.41, 5.74) is 2.92. The van der Waals surface area contributed by atoms with Gasteiger partial charge in [0.15, 0.2) is 0 Å². The number of nitrogens with one attached hydrogen (secondary N) is 1. The first kappa shape index (κ1) is 32.7. The van der Waals surface area contributed by atoms with Crippen LogP contribution in [0, 0.1) is 6.92 Å². The molecule has 8 nitrogen and oxygen atoms in total. The highest BCUT2D eigenvalue weighted by Crippen LogP contribution is 2.23. The van der Waals surface area contributed by atoms with Crippen LogP contribution in [0.25, 0.3) is 0 Å². The van der Waals surface area contributed by atoms with Crippen molar-refractivity contribution in [3.63, 3.8) is 0 Å². The number of hydrogen-bond donors (Lipinski definition) is 1. The largest absolute Gasteiger partial charge is 0.497 e. The molecule has 0 aliphatic carbocycles. The number of sulfonamides is 1. The molecule has 226 valence electrons. The number of benzene rings is 3. The molecule has 0 spiro atoms. The Kier molecular flexibility index (Phi) is 11.2. The molecule has 1 unspecified atom stereocenters. The van der Waals surface area contributed by atoms with Gasteiger partial charge in [0.05, 0.1) is 19.1 Å². The second-order valence-electron chi connectivity index (χ2n) is 11.6. The molecule has 0 aliphatic heterocycles. The molecule has 0 saturated carbocycles. The van der Waals surface area contributed by atoms with Gasteiger partial charge >= 0.3 is 0 Å². The highest BCUT2D eigenvalue weighted by atomic mass is 32.2. The van der Waals surface area contributed by atoms with Crippen molar-refractivity contribution < 1.29 is 22.7 Å². The Balaban J connectivity index is 1.89. The predicted octanol–water partition coefficient (Wildman–Crippen LogP) is 5.10. The molecule has 0 aromatic heterocycles. The lowest BCUT2D eigenvalue weighted by molar-refractivity contribution is -0.142. The van der Waals surface area contributed by atoms with E-state index in [0.717, 1.165) is 22.9 Å². The fraction of sp³-hybridized carbons (Fsp3) is 0.394. The van der Waals surface area contributed by atoms with Crippen LogP contribution in [0.15, 0.2) is 78.9 Å². The van der Waals surface area contributed by atoms with E-state index in [-0.39, 0.29) is 37.7 Å². The number of anilines is 1. The summed E-state index contributed by atoms with van der Waals surface area (Å²) in [7, 11) is -2.05. The van der Waals surface area contributed by atoms with Crippen molar-refractivity contribution in [3.8, 4) is 5.75 Å². The van der Waals surface area contributed by atoms with Gasteiger partial charge in [-0.3, -0.25) is 13.9 Å². The van der Waals surface area contributed by atoms with Crippen LogP contribution >= 0.6 is 0 Å². The summed E-state index contributed by atoms with van der Waals surface area (Å²) in [5.74, 6) is 0.167. The maximum atomic E-state index is 13.9. The van der Waals surface area contributed by atoms with Crippen molar-refractivity contribution >= 4 is 27.5 Å². The van der Waals surface area contributed by atoms with Crippen molar-refractivity contribution in [2.75, 3.05) is 24.2 Å². The molecule has 9 heteroatoms. The zero-order valence-corrected chi connectivity index (χ0v) is 26.3. The normalized spacial score (nSPS) is 12.3. The number of aryl methyl sites for hydroxylation is 1. The van der Waals surface area contributed by atoms with Crippen LogP contribution in [-0.4, -0.2) is 56.6 Å². The Bertz CT molecular complexity index is 1430. The lowest BCUT2D eigenvalue weighted by atomic mass is 10.00. The number of hydrogen-bond acceptors (Lipinski definition) is 5. The minimum absolute atomic E-state index is 0.0715. The van der Waals surface area contributed by atoms with Crippen molar-refractivity contribution in [2.24, 2.45) is 0 Å². The van der Waals surface area contributed by atoms with E-state index in [0.29, 0.717) is 17.9 Å². The van der Waals surface area contributed by atoms with Crippen molar-refractivity contribution in [1.29, 1.82) is 0 Å². The van der Waals surface area contributed by atoms with E-state index < -0.39 is 21.6 Å². The number of carbonyl (C=O) groups excluding carboxylic acids is 2. The second-order valence-corrected chi connectivity index (χ2v) is 13.5. The number of amides is 2. The molecule has 0 aliphatic rings. The van der Waals surface area contributed by atoms with Gasteiger partial charge in [-0.2, -0.15) is 0 Å². The molecule has 0 fully saturated rings. The third kappa shape index (κ3) is 9.91. The zero-order valence-electron chi connectivity index (χ0n) is 25.5. The lowest BCUT2D eigenvalue weighted by Crippen LogP contribution is -2.54. The molecule has 1 N–H and O–H groups in total. The fourth-order valence-corrected chi connectivity index (χ4v) is 5.73. The lowest BCUT2D eigenvalue weighted by Gasteiger charge is -2.34. The van der Waals surface area contributed by atoms with E-state index in [9.17, 15) is 18.0 Å². The van der Waals surface area contributed by atoms with Crippen LogP contribution in [0.3, 0.4) is 0 Å². The quantitative estimate of drug-likeness (QED) is 0.297. The summed E-state index contributed by atoms with van der Waals surface area (Å²) in [4.78, 5) is 29.3. The van der Waals surface area contributed by atoms with Crippen molar-refractivity contribution in [2.45, 2.75) is 65.1 Å². The van der Waals surface area contributed by atoms with E-state index >= 15 is 0 Å². The van der Waals surface area contributed by atoms with Gasteiger partial charge in [0.2, 0.25) is 21.8 Å². The molecule has 1 atom stereocenters. The molecule has 0 bridgehead atoms. The smallest absolute Gasteiger partial charge is 0.243 e.